The number of carbonyl (C=O) groups is 3. The average Bonchev–Trinajstić information content (AvgIpc) is 3.02. The first-order chi connectivity index (χ1) is 24.4. The van der Waals surface area contributed by atoms with E-state index in [1.54, 1.807) is 0 Å². The Hall–Kier alpha value is -1.89. The van der Waals surface area contributed by atoms with Crippen LogP contribution in [-0.4, -0.2) is 82.1 Å². The second kappa shape index (κ2) is 10.9. The van der Waals surface area contributed by atoms with E-state index in [9.17, 15) is 33.4 Å². The van der Waals surface area contributed by atoms with E-state index < -0.39 is 50.9 Å². The lowest BCUT2D eigenvalue weighted by atomic mass is 9.48. The maximum absolute atomic E-state index is 14.2. The Balaban J connectivity index is 0.921. The first-order valence-corrected chi connectivity index (χ1v) is 20.2. The molecule has 1 heterocycles. The summed E-state index contributed by atoms with van der Waals surface area (Å²) in [7, 11) is 0. The molecule has 6 atom stereocenters. The molecule has 0 amide bonds. The molecule has 288 valence electrons. The molecule has 2 N–H and O–H groups in total. The minimum absolute atomic E-state index is 0.146. The van der Waals surface area contributed by atoms with Gasteiger partial charge in [0.15, 0.2) is 5.79 Å². The molecule has 0 aromatic rings. The zero-order valence-corrected chi connectivity index (χ0v) is 30.3. The quantitative estimate of drug-likeness (QED) is 0.247. The third kappa shape index (κ3) is 5.29. The fourth-order valence-electron chi connectivity index (χ4n) is 15.3. The lowest BCUT2D eigenvalue weighted by Gasteiger charge is -2.65. The van der Waals surface area contributed by atoms with Crippen LogP contribution in [0.4, 0.5) is 8.78 Å². The van der Waals surface area contributed by atoms with Crippen LogP contribution in [0.25, 0.3) is 0 Å². The minimum Gasteiger partial charge on any atom is -0.462 e. The van der Waals surface area contributed by atoms with Gasteiger partial charge in [0.25, 0.3) is 0 Å². The molecule has 52 heavy (non-hydrogen) atoms. The van der Waals surface area contributed by atoms with Gasteiger partial charge in [-0.15, -0.1) is 0 Å². The molecule has 0 aromatic heterocycles. The van der Waals surface area contributed by atoms with Gasteiger partial charge in [0, 0.05) is 25.2 Å². The summed E-state index contributed by atoms with van der Waals surface area (Å²) in [6, 6.07) is 0. The molecule has 1 saturated heterocycles. The predicted octanol–water partition coefficient (Wildman–Crippen LogP) is 5.38. The summed E-state index contributed by atoms with van der Waals surface area (Å²) >= 11 is 0. The fraction of sp³-hybridized carbons (Fsp3) is 0.925. The molecular weight excluding hydrogens is 678 g/mol. The topological polar surface area (TPSA) is 138 Å². The normalized spacial score (nSPS) is 53.4. The molecule has 13 fully saturated rings. The van der Waals surface area contributed by atoms with Crippen LogP contribution in [0.1, 0.15) is 122 Å². The molecule has 13 rings (SSSR count). The number of ether oxygens (including phenoxy) is 5. The first-order valence-electron chi connectivity index (χ1n) is 20.2. The smallest absolute Gasteiger partial charge is 0.377 e. The molecule has 12 saturated carbocycles. The molecular formula is C40H54F2O10. The van der Waals surface area contributed by atoms with Crippen molar-refractivity contribution in [2.24, 2.45) is 52.3 Å². The number of hydrogen-bond donors (Lipinski definition) is 2. The lowest BCUT2D eigenvalue weighted by molar-refractivity contribution is -0.416. The Kier molecular flexibility index (Phi) is 7.25. The number of alkyl halides is 2. The standard InChI is InChI=1S/C40H54F2O10/c1-33(41,42)30(43)51-39-16-23-6-28(17-39)40(29(7-23)18-39)50-3-2-38(52-40,21-48-31(44)34-8-24-4-25(9-34)13-36(46,12-24)19-34)22-49-32(45)35-10-26-5-27(11-35)15-37(47,14-26)20-35/h23-29,46-47H,2-22H2,1H3. The van der Waals surface area contributed by atoms with Crippen LogP contribution in [0.15, 0.2) is 0 Å². The highest BCUT2D eigenvalue weighted by Gasteiger charge is 2.69. The van der Waals surface area contributed by atoms with Gasteiger partial charge < -0.3 is 33.9 Å². The zero-order valence-electron chi connectivity index (χ0n) is 30.3. The predicted molar refractivity (Wildman–Crippen MR) is 176 cm³/mol. The van der Waals surface area contributed by atoms with E-state index in [1.165, 1.54) is 0 Å². The second-order valence-electron chi connectivity index (χ2n) is 20.5. The minimum atomic E-state index is -3.60. The monoisotopic (exact) mass is 732 g/mol. The number of carbonyl (C=O) groups excluding carboxylic acids is 3. The van der Waals surface area contributed by atoms with Gasteiger partial charge in [-0.05, 0) is 139 Å². The van der Waals surface area contributed by atoms with Crippen LogP contribution < -0.4 is 0 Å². The molecule has 6 unspecified atom stereocenters. The summed E-state index contributed by atoms with van der Waals surface area (Å²) in [6.45, 7) is 0.534. The average molecular weight is 733 g/mol. The van der Waals surface area contributed by atoms with Gasteiger partial charge in [0.05, 0.1) is 28.6 Å². The van der Waals surface area contributed by atoms with Crippen LogP contribution in [0.2, 0.25) is 0 Å². The summed E-state index contributed by atoms with van der Waals surface area (Å²) < 4.78 is 60.0. The SMILES string of the molecule is CC(F)(F)C(=O)OC12CC3CC(C1)C1(OCCC(COC(=O)C45CC6CC(CC(O)(C6)C4)C5)(COC(=O)C45CC6CC(CC(O)(C6)C4)C5)O1)C(C3)C2. The van der Waals surface area contributed by atoms with Crippen LogP contribution in [0.3, 0.4) is 0 Å². The van der Waals surface area contributed by atoms with Crippen LogP contribution in [0.5, 0.6) is 0 Å². The van der Waals surface area contributed by atoms with Crippen molar-refractivity contribution < 1.29 is 57.1 Å². The summed E-state index contributed by atoms with van der Waals surface area (Å²) in [5.74, 6) is -6.02. The summed E-state index contributed by atoms with van der Waals surface area (Å²) in [4.78, 5) is 40.9. The Morgan fingerprint density at radius 2 is 1.17 bits per heavy atom. The van der Waals surface area contributed by atoms with Crippen LogP contribution >= 0.6 is 0 Å². The lowest BCUT2D eigenvalue weighted by Crippen LogP contribution is -2.71. The van der Waals surface area contributed by atoms with Crippen molar-refractivity contribution >= 4 is 17.9 Å². The molecule has 1 aliphatic heterocycles. The van der Waals surface area contributed by atoms with Crippen molar-refractivity contribution in [2.75, 3.05) is 19.8 Å². The molecule has 12 heteroatoms. The van der Waals surface area contributed by atoms with Crippen LogP contribution in [-0.2, 0) is 38.1 Å². The van der Waals surface area contributed by atoms with Gasteiger partial charge in [-0.3, -0.25) is 9.59 Å². The number of hydrogen-bond acceptors (Lipinski definition) is 10. The first kappa shape index (κ1) is 34.6. The van der Waals surface area contributed by atoms with Crippen LogP contribution in [0, 0.1) is 52.3 Å². The molecule has 0 aromatic carbocycles. The third-order valence-electron chi connectivity index (χ3n) is 16.1. The van der Waals surface area contributed by atoms with Gasteiger partial charge >= 0.3 is 23.8 Å². The van der Waals surface area contributed by atoms with E-state index >= 15 is 0 Å². The maximum atomic E-state index is 14.2. The second-order valence-corrected chi connectivity index (χ2v) is 20.5. The highest BCUT2D eigenvalue weighted by molar-refractivity contribution is 5.79. The Labute approximate surface area is 303 Å². The summed E-state index contributed by atoms with van der Waals surface area (Å²) in [5, 5.41) is 22.7. The van der Waals surface area contributed by atoms with Gasteiger partial charge in [0.1, 0.15) is 24.4 Å². The fourth-order valence-corrected chi connectivity index (χ4v) is 15.3. The molecule has 12 bridgehead atoms. The Bertz CT molecular complexity index is 1440. The van der Waals surface area contributed by atoms with E-state index in [4.69, 9.17) is 23.7 Å². The zero-order chi connectivity index (χ0) is 36.2. The maximum Gasteiger partial charge on any atom is 0.377 e. The molecule has 12 aliphatic carbocycles. The third-order valence-corrected chi connectivity index (χ3v) is 16.1. The number of rotatable bonds is 8. The van der Waals surface area contributed by atoms with Gasteiger partial charge in [-0.2, -0.15) is 8.78 Å². The van der Waals surface area contributed by atoms with E-state index in [-0.39, 0.29) is 49.5 Å². The number of aliphatic hydroxyl groups is 2. The van der Waals surface area contributed by atoms with Crippen molar-refractivity contribution in [3.8, 4) is 0 Å². The van der Waals surface area contributed by atoms with E-state index in [0.717, 1.165) is 51.4 Å². The van der Waals surface area contributed by atoms with E-state index in [0.29, 0.717) is 94.8 Å². The van der Waals surface area contributed by atoms with Crippen molar-refractivity contribution in [3.63, 3.8) is 0 Å². The highest BCUT2D eigenvalue weighted by Crippen LogP contribution is 2.66. The van der Waals surface area contributed by atoms with Gasteiger partial charge in [0.2, 0.25) is 0 Å². The summed E-state index contributed by atoms with van der Waals surface area (Å²) in [6.07, 6.45) is 11.6. The Morgan fingerprint density at radius 1 is 0.692 bits per heavy atom. The van der Waals surface area contributed by atoms with Crippen molar-refractivity contribution in [3.05, 3.63) is 0 Å². The van der Waals surface area contributed by atoms with Crippen molar-refractivity contribution in [1.82, 2.24) is 0 Å². The number of esters is 3. The molecule has 10 nitrogen and oxygen atoms in total. The van der Waals surface area contributed by atoms with Crippen molar-refractivity contribution in [2.45, 2.75) is 157 Å². The van der Waals surface area contributed by atoms with Crippen molar-refractivity contribution in [1.29, 1.82) is 0 Å². The largest absolute Gasteiger partial charge is 0.462 e. The molecule has 0 radical (unpaired) electrons. The molecule has 13 aliphatic rings. The van der Waals surface area contributed by atoms with Gasteiger partial charge in [-0.25, -0.2) is 4.79 Å². The molecule has 1 spiro atoms. The Morgan fingerprint density at radius 3 is 1.62 bits per heavy atom. The van der Waals surface area contributed by atoms with E-state index in [1.807, 2.05) is 0 Å². The summed E-state index contributed by atoms with van der Waals surface area (Å²) in [5.41, 5.74) is -5.39. The van der Waals surface area contributed by atoms with E-state index in [2.05, 4.69) is 0 Å². The van der Waals surface area contributed by atoms with Gasteiger partial charge in [-0.1, -0.05) is 0 Å². The number of halogens is 2. The highest BCUT2D eigenvalue weighted by atomic mass is 19.3.